The average molecular weight is 269 g/mol. The number of fused-ring (bicyclic) bond motifs is 1. The van der Waals surface area contributed by atoms with Gasteiger partial charge in [-0.05, 0) is 25.5 Å². The molecule has 5 heteroatoms. The van der Waals surface area contributed by atoms with Gasteiger partial charge < -0.3 is 9.63 Å². The predicted molar refractivity (Wildman–Crippen MR) is 75.0 cm³/mol. The number of hydrogen-bond acceptors (Lipinski definition) is 5. The third kappa shape index (κ3) is 2.67. The van der Waals surface area contributed by atoms with Crippen LogP contribution >= 0.6 is 0 Å². The summed E-state index contributed by atoms with van der Waals surface area (Å²) < 4.78 is 5.17. The van der Waals surface area contributed by atoms with Crippen molar-refractivity contribution in [1.82, 2.24) is 15.1 Å². The van der Waals surface area contributed by atoms with Crippen LogP contribution in [-0.4, -0.2) is 26.3 Å². The molecule has 0 radical (unpaired) electrons. The molecular formula is C15H15N3O2. The van der Waals surface area contributed by atoms with Gasteiger partial charge in [0.2, 0.25) is 11.7 Å². The van der Waals surface area contributed by atoms with Crippen LogP contribution in [0.3, 0.4) is 0 Å². The second kappa shape index (κ2) is 5.38. The molecule has 0 bridgehead atoms. The van der Waals surface area contributed by atoms with Gasteiger partial charge in [0.1, 0.15) is 5.69 Å². The van der Waals surface area contributed by atoms with Gasteiger partial charge >= 0.3 is 0 Å². The summed E-state index contributed by atoms with van der Waals surface area (Å²) in [5, 5.41) is 14.3. The van der Waals surface area contributed by atoms with E-state index in [9.17, 15) is 5.11 Å². The highest BCUT2D eigenvalue weighted by Crippen LogP contribution is 2.18. The van der Waals surface area contributed by atoms with Gasteiger partial charge in [0.25, 0.3) is 0 Å². The second-order valence-corrected chi connectivity index (χ2v) is 4.79. The lowest BCUT2D eigenvalue weighted by atomic mass is 10.2. The minimum Gasteiger partial charge on any atom is -0.393 e. The van der Waals surface area contributed by atoms with Gasteiger partial charge in [-0.3, -0.25) is 0 Å². The highest BCUT2D eigenvalue weighted by atomic mass is 16.5. The molecule has 1 atom stereocenters. The van der Waals surface area contributed by atoms with Gasteiger partial charge in [-0.15, -0.1) is 0 Å². The molecule has 2 aromatic heterocycles. The van der Waals surface area contributed by atoms with E-state index in [1.165, 1.54) is 0 Å². The standard InChI is InChI=1S/C15H15N3O2/c1-10(19)6-9-14-17-15(18-20-14)13-8-7-11-4-2-3-5-12(11)16-13/h2-5,7-8,10,19H,6,9H2,1H3. The number of pyridine rings is 1. The molecule has 1 unspecified atom stereocenters. The lowest BCUT2D eigenvalue weighted by Gasteiger charge is -1.99. The summed E-state index contributed by atoms with van der Waals surface area (Å²) in [6.45, 7) is 1.74. The quantitative estimate of drug-likeness (QED) is 0.788. The van der Waals surface area contributed by atoms with Gasteiger partial charge in [0.15, 0.2) is 0 Å². The Balaban J connectivity index is 1.87. The molecule has 102 valence electrons. The van der Waals surface area contributed by atoms with Gasteiger partial charge in [-0.1, -0.05) is 29.4 Å². The first-order chi connectivity index (χ1) is 9.72. The van der Waals surface area contributed by atoms with Crippen LogP contribution in [-0.2, 0) is 6.42 Å². The van der Waals surface area contributed by atoms with Gasteiger partial charge in [0.05, 0.1) is 11.6 Å². The van der Waals surface area contributed by atoms with Crippen molar-refractivity contribution in [3.63, 3.8) is 0 Å². The fourth-order valence-electron chi connectivity index (χ4n) is 1.98. The molecule has 1 aromatic carbocycles. The fourth-order valence-corrected chi connectivity index (χ4v) is 1.98. The Morgan fingerprint density at radius 2 is 2.00 bits per heavy atom. The van der Waals surface area contributed by atoms with Crippen LogP contribution in [0.25, 0.3) is 22.4 Å². The number of benzene rings is 1. The predicted octanol–water partition coefficient (Wildman–Crippen LogP) is 2.60. The Morgan fingerprint density at radius 1 is 1.15 bits per heavy atom. The molecule has 0 aliphatic heterocycles. The summed E-state index contributed by atoms with van der Waals surface area (Å²) in [5.41, 5.74) is 1.59. The molecule has 0 aliphatic rings. The van der Waals surface area contributed by atoms with E-state index in [1.807, 2.05) is 36.4 Å². The highest BCUT2D eigenvalue weighted by Gasteiger charge is 2.11. The van der Waals surface area contributed by atoms with Crippen molar-refractivity contribution in [2.75, 3.05) is 0 Å². The molecule has 0 saturated carbocycles. The maximum Gasteiger partial charge on any atom is 0.227 e. The van der Waals surface area contributed by atoms with Crippen LogP contribution in [0.4, 0.5) is 0 Å². The van der Waals surface area contributed by atoms with Gasteiger partial charge in [0, 0.05) is 11.8 Å². The number of aliphatic hydroxyl groups excluding tert-OH is 1. The summed E-state index contributed by atoms with van der Waals surface area (Å²) in [6, 6.07) is 11.8. The number of aromatic nitrogens is 3. The Kier molecular flexibility index (Phi) is 3.43. The Labute approximate surface area is 116 Å². The summed E-state index contributed by atoms with van der Waals surface area (Å²) >= 11 is 0. The molecule has 20 heavy (non-hydrogen) atoms. The van der Waals surface area contributed by atoms with Crippen molar-refractivity contribution < 1.29 is 9.63 Å². The first-order valence-electron chi connectivity index (χ1n) is 6.59. The first-order valence-corrected chi connectivity index (χ1v) is 6.59. The maximum absolute atomic E-state index is 9.25. The Bertz CT molecular complexity index is 722. The average Bonchev–Trinajstić information content (AvgIpc) is 2.93. The van der Waals surface area contributed by atoms with E-state index < -0.39 is 0 Å². The number of aliphatic hydroxyl groups is 1. The zero-order valence-corrected chi connectivity index (χ0v) is 11.2. The summed E-state index contributed by atoms with van der Waals surface area (Å²) in [5.74, 6) is 1.01. The lowest BCUT2D eigenvalue weighted by Crippen LogP contribution is -2.01. The van der Waals surface area contributed by atoms with E-state index in [2.05, 4.69) is 15.1 Å². The van der Waals surface area contributed by atoms with Crippen molar-refractivity contribution in [1.29, 1.82) is 0 Å². The molecule has 5 nitrogen and oxygen atoms in total. The molecule has 0 aliphatic carbocycles. The second-order valence-electron chi connectivity index (χ2n) is 4.79. The normalized spacial score (nSPS) is 12.7. The van der Waals surface area contributed by atoms with Crippen molar-refractivity contribution in [3.05, 3.63) is 42.3 Å². The van der Waals surface area contributed by atoms with Gasteiger partial charge in [-0.25, -0.2) is 4.98 Å². The lowest BCUT2D eigenvalue weighted by molar-refractivity contribution is 0.180. The SMILES string of the molecule is CC(O)CCc1nc(-c2ccc3ccccc3n2)no1. The first kappa shape index (κ1) is 12.7. The van der Waals surface area contributed by atoms with Crippen molar-refractivity contribution in [2.24, 2.45) is 0 Å². The molecular weight excluding hydrogens is 254 g/mol. The minimum absolute atomic E-state index is 0.371. The van der Waals surface area contributed by atoms with Crippen molar-refractivity contribution in [3.8, 4) is 11.5 Å². The molecule has 0 spiro atoms. The van der Waals surface area contributed by atoms with Crippen LogP contribution in [0.5, 0.6) is 0 Å². The third-order valence-corrected chi connectivity index (χ3v) is 3.07. The molecule has 0 saturated heterocycles. The Hall–Kier alpha value is -2.27. The van der Waals surface area contributed by atoms with Crippen LogP contribution in [0.2, 0.25) is 0 Å². The molecule has 2 heterocycles. The molecule has 3 rings (SSSR count). The Morgan fingerprint density at radius 3 is 2.85 bits per heavy atom. The number of hydrogen-bond donors (Lipinski definition) is 1. The van der Waals surface area contributed by atoms with Crippen LogP contribution in [0.15, 0.2) is 40.9 Å². The van der Waals surface area contributed by atoms with Crippen LogP contribution < -0.4 is 0 Å². The topological polar surface area (TPSA) is 72.0 Å². The number of aryl methyl sites for hydroxylation is 1. The minimum atomic E-state index is -0.371. The smallest absolute Gasteiger partial charge is 0.227 e. The van der Waals surface area contributed by atoms with Crippen LogP contribution in [0.1, 0.15) is 19.2 Å². The third-order valence-electron chi connectivity index (χ3n) is 3.07. The number of para-hydroxylation sites is 1. The summed E-state index contributed by atoms with van der Waals surface area (Å²) in [7, 11) is 0. The van der Waals surface area contributed by atoms with E-state index in [0.717, 1.165) is 10.9 Å². The summed E-state index contributed by atoms with van der Waals surface area (Å²) in [4.78, 5) is 8.83. The largest absolute Gasteiger partial charge is 0.393 e. The monoisotopic (exact) mass is 269 g/mol. The van der Waals surface area contributed by atoms with E-state index in [-0.39, 0.29) is 6.10 Å². The van der Waals surface area contributed by atoms with E-state index in [1.54, 1.807) is 6.92 Å². The summed E-state index contributed by atoms with van der Waals surface area (Å²) in [6.07, 6.45) is 0.800. The van der Waals surface area contributed by atoms with Crippen molar-refractivity contribution >= 4 is 10.9 Å². The van der Waals surface area contributed by atoms with Crippen molar-refractivity contribution in [2.45, 2.75) is 25.9 Å². The van der Waals surface area contributed by atoms with E-state index >= 15 is 0 Å². The van der Waals surface area contributed by atoms with Gasteiger partial charge in [-0.2, -0.15) is 4.98 Å². The van der Waals surface area contributed by atoms with Crippen LogP contribution in [0, 0.1) is 0 Å². The number of nitrogens with zero attached hydrogens (tertiary/aromatic N) is 3. The van der Waals surface area contributed by atoms with E-state index in [0.29, 0.717) is 30.3 Å². The van der Waals surface area contributed by atoms with E-state index in [4.69, 9.17) is 4.52 Å². The number of rotatable bonds is 4. The fraction of sp³-hybridized carbons (Fsp3) is 0.267. The zero-order valence-electron chi connectivity index (χ0n) is 11.2. The molecule has 3 aromatic rings. The highest BCUT2D eigenvalue weighted by molar-refractivity contribution is 5.80. The molecule has 1 N–H and O–H groups in total. The molecule has 0 fully saturated rings. The molecule has 0 amide bonds. The maximum atomic E-state index is 9.25. The zero-order chi connectivity index (χ0) is 13.9.